The SMILES string of the molecule is CC(=O)OC[C@]12CCC(C(C)C)=C1[C@H]1CC[C@@H]3[C@@]4(C)CC[C@H](C)C(C)(C)[C@@H]4CC[C@@]3(C)[C@]1(C)CC2. The van der Waals surface area contributed by atoms with Crippen LogP contribution in [0.25, 0.3) is 0 Å². The fourth-order valence-electron chi connectivity index (χ4n) is 11.4. The topological polar surface area (TPSA) is 26.3 Å². The van der Waals surface area contributed by atoms with Gasteiger partial charge in [-0.25, -0.2) is 0 Å². The van der Waals surface area contributed by atoms with E-state index in [9.17, 15) is 4.79 Å². The molecule has 5 aliphatic carbocycles. The summed E-state index contributed by atoms with van der Waals surface area (Å²) in [6, 6.07) is 0. The Labute approximate surface area is 216 Å². The molecule has 0 amide bonds. The molecule has 0 aromatic carbocycles. The second-order valence-electron chi connectivity index (χ2n) is 15.5. The van der Waals surface area contributed by atoms with Gasteiger partial charge in [0, 0.05) is 12.3 Å². The molecule has 0 unspecified atom stereocenters. The van der Waals surface area contributed by atoms with E-state index in [1.165, 1.54) is 64.2 Å². The van der Waals surface area contributed by atoms with Gasteiger partial charge in [0.1, 0.15) is 6.61 Å². The number of hydrogen-bond donors (Lipinski definition) is 0. The summed E-state index contributed by atoms with van der Waals surface area (Å²) in [5, 5.41) is 0. The summed E-state index contributed by atoms with van der Waals surface area (Å²) in [5.74, 6) is 3.70. The number of ether oxygens (including phenoxy) is 1. The molecule has 0 saturated heterocycles. The van der Waals surface area contributed by atoms with Crippen molar-refractivity contribution in [2.24, 2.45) is 56.7 Å². The minimum Gasteiger partial charge on any atom is -0.465 e. The van der Waals surface area contributed by atoms with Gasteiger partial charge in [0.2, 0.25) is 0 Å². The first-order valence-electron chi connectivity index (χ1n) is 15.1. The van der Waals surface area contributed by atoms with Crippen LogP contribution in [0.4, 0.5) is 0 Å². The number of hydrogen-bond acceptors (Lipinski definition) is 2. The molecule has 5 aliphatic rings. The average Bonchev–Trinajstić information content (AvgIpc) is 3.16. The van der Waals surface area contributed by atoms with E-state index in [2.05, 4.69) is 55.4 Å². The Balaban J connectivity index is 1.55. The number of rotatable bonds is 3. The summed E-state index contributed by atoms with van der Waals surface area (Å²) in [4.78, 5) is 11.9. The molecule has 2 nitrogen and oxygen atoms in total. The van der Waals surface area contributed by atoms with Crippen molar-refractivity contribution in [2.75, 3.05) is 6.61 Å². The highest BCUT2D eigenvalue weighted by Crippen LogP contribution is 2.77. The van der Waals surface area contributed by atoms with Gasteiger partial charge in [-0.1, -0.05) is 66.5 Å². The smallest absolute Gasteiger partial charge is 0.302 e. The Morgan fingerprint density at radius 2 is 1.60 bits per heavy atom. The quantitative estimate of drug-likeness (QED) is 0.296. The Bertz CT molecular complexity index is 912. The van der Waals surface area contributed by atoms with E-state index in [0.717, 1.165) is 17.8 Å². The van der Waals surface area contributed by atoms with Crippen molar-refractivity contribution in [3.05, 3.63) is 11.1 Å². The molecule has 5 rings (SSSR count). The van der Waals surface area contributed by atoms with Crippen molar-refractivity contribution >= 4 is 5.97 Å². The van der Waals surface area contributed by atoms with E-state index in [1.54, 1.807) is 18.1 Å². The van der Waals surface area contributed by atoms with E-state index < -0.39 is 0 Å². The van der Waals surface area contributed by atoms with Crippen LogP contribution in [0.2, 0.25) is 0 Å². The Hall–Kier alpha value is -0.790. The van der Waals surface area contributed by atoms with Crippen LogP contribution in [-0.4, -0.2) is 12.6 Å². The summed E-state index contributed by atoms with van der Waals surface area (Å²) in [7, 11) is 0. The summed E-state index contributed by atoms with van der Waals surface area (Å²) in [5.41, 5.74) is 5.31. The molecule has 0 aromatic heterocycles. The van der Waals surface area contributed by atoms with Gasteiger partial charge in [-0.3, -0.25) is 4.79 Å². The first kappa shape index (κ1) is 25.8. The van der Waals surface area contributed by atoms with E-state index in [0.29, 0.717) is 40.1 Å². The van der Waals surface area contributed by atoms with Crippen molar-refractivity contribution in [3.63, 3.8) is 0 Å². The van der Waals surface area contributed by atoms with E-state index in [-0.39, 0.29) is 11.4 Å². The highest BCUT2D eigenvalue weighted by atomic mass is 16.5. The molecular weight excluding hydrogens is 428 g/mol. The molecule has 0 N–H and O–H groups in total. The lowest BCUT2D eigenvalue weighted by molar-refractivity contribution is -0.221. The summed E-state index contributed by atoms with van der Waals surface area (Å²) in [6.07, 6.45) is 13.3. The van der Waals surface area contributed by atoms with E-state index in [1.807, 2.05) is 0 Å². The molecule has 0 bridgehead atoms. The molecule has 0 aromatic rings. The maximum atomic E-state index is 11.9. The Morgan fingerprint density at radius 1 is 0.886 bits per heavy atom. The third-order valence-corrected chi connectivity index (χ3v) is 13.9. The molecular formula is C33H54O2. The van der Waals surface area contributed by atoms with Crippen molar-refractivity contribution in [1.82, 2.24) is 0 Å². The summed E-state index contributed by atoms with van der Waals surface area (Å²) < 4.78 is 5.81. The van der Waals surface area contributed by atoms with Gasteiger partial charge >= 0.3 is 5.97 Å². The molecule has 0 heterocycles. The zero-order chi connectivity index (χ0) is 25.6. The molecule has 4 fully saturated rings. The number of fused-ring (bicyclic) bond motifs is 7. The van der Waals surface area contributed by atoms with Crippen LogP contribution in [0.3, 0.4) is 0 Å². The van der Waals surface area contributed by atoms with Crippen LogP contribution < -0.4 is 0 Å². The highest BCUT2D eigenvalue weighted by Gasteiger charge is 2.69. The van der Waals surface area contributed by atoms with Gasteiger partial charge in [0.05, 0.1) is 0 Å². The lowest BCUT2D eigenvalue weighted by Gasteiger charge is -2.72. The number of carbonyl (C=O) groups excluding carboxylic acids is 1. The molecule has 4 saturated carbocycles. The fourth-order valence-corrected chi connectivity index (χ4v) is 11.4. The summed E-state index contributed by atoms with van der Waals surface area (Å²) in [6.45, 7) is 22.9. The first-order chi connectivity index (χ1) is 16.2. The third kappa shape index (κ3) is 3.35. The van der Waals surface area contributed by atoms with Crippen LogP contribution in [-0.2, 0) is 9.53 Å². The van der Waals surface area contributed by atoms with Gasteiger partial charge in [0.25, 0.3) is 0 Å². The largest absolute Gasteiger partial charge is 0.465 e. The minimum absolute atomic E-state index is 0.110. The van der Waals surface area contributed by atoms with Gasteiger partial charge in [0.15, 0.2) is 0 Å². The lowest BCUT2D eigenvalue weighted by Crippen LogP contribution is -2.65. The zero-order valence-electron chi connectivity index (χ0n) is 24.5. The minimum atomic E-state index is -0.110. The van der Waals surface area contributed by atoms with Gasteiger partial charge in [-0.15, -0.1) is 0 Å². The number of carbonyl (C=O) groups is 1. The molecule has 8 atom stereocenters. The summed E-state index contributed by atoms with van der Waals surface area (Å²) >= 11 is 0. The van der Waals surface area contributed by atoms with Crippen molar-refractivity contribution < 1.29 is 9.53 Å². The fraction of sp³-hybridized carbons (Fsp3) is 0.909. The predicted molar refractivity (Wildman–Crippen MR) is 145 cm³/mol. The average molecular weight is 483 g/mol. The third-order valence-electron chi connectivity index (χ3n) is 13.9. The Kier molecular flexibility index (Phi) is 5.98. The lowest BCUT2D eigenvalue weighted by atomic mass is 9.32. The Morgan fingerprint density at radius 3 is 2.26 bits per heavy atom. The van der Waals surface area contributed by atoms with Gasteiger partial charge < -0.3 is 4.74 Å². The molecule has 35 heavy (non-hydrogen) atoms. The van der Waals surface area contributed by atoms with Crippen LogP contribution in [0.5, 0.6) is 0 Å². The second kappa shape index (κ2) is 8.10. The van der Waals surface area contributed by atoms with Gasteiger partial charge in [-0.2, -0.15) is 0 Å². The van der Waals surface area contributed by atoms with E-state index in [4.69, 9.17) is 4.74 Å². The van der Waals surface area contributed by atoms with Crippen LogP contribution in [0, 0.1) is 56.7 Å². The zero-order valence-corrected chi connectivity index (χ0v) is 24.5. The highest BCUT2D eigenvalue weighted by molar-refractivity contribution is 5.66. The van der Waals surface area contributed by atoms with Crippen LogP contribution >= 0.6 is 0 Å². The molecule has 0 spiro atoms. The predicted octanol–water partition coefficient (Wildman–Crippen LogP) is 8.99. The maximum Gasteiger partial charge on any atom is 0.302 e. The monoisotopic (exact) mass is 482 g/mol. The maximum absolute atomic E-state index is 11.9. The second-order valence-corrected chi connectivity index (χ2v) is 15.5. The van der Waals surface area contributed by atoms with Gasteiger partial charge in [-0.05, 0) is 115 Å². The van der Waals surface area contributed by atoms with E-state index >= 15 is 0 Å². The molecule has 2 heteroatoms. The standard InChI is InChI=1S/C33H54O2/c1-21(2)24-13-17-33(20-35-23(4)34)19-18-31(8)25(28(24)33)10-11-27-30(7)15-12-22(3)29(5,6)26(30)14-16-32(27,31)9/h21-22,25-27H,10-20H2,1-9H3/t22-,25+,26-,27+,30-,31+,32+,33+/m0/s1. The van der Waals surface area contributed by atoms with Crippen molar-refractivity contribution in [1.29, 1.82) is 0 Å². The number of esters is 1. The molecule has 0 aliphatic heterocycles. The molecule has 0 radical (unpaired) electrons. The first-order valence-corrected chi connectivity index (χ1v) is 15.1. The molecule has 198 valence electrons. The van der Waals surface area contributed by atoms with Crippen LogP contribution in [0.1, 0.15) is 127 Å². The van der Waals surface area contributed by atoms with Crippen molar-refractivity contribution in [3.8, 4) is 0 Å². The van der Waals surface area contributed by atoms with Crippen molar-refractivity contribution in [2.45, 2.75) is 127 Å². The number of allylic oxidation sites excluding steroid dienone is 1. The normalized spacial score (nSPS) is 48.6. The van der Waals surface area contributed by atoms with Crippen LogP contribution in [0.15, 0.2) is 11.1 Å².